The fraction of sp³-hybridized carbons (Fsp3) is 0.263. The molecule has 0 fully saturated rings. The van der Waals surface area contributed by atoms with Crippen LogP contribution in [0.5, 0.6) is 0 Å². The number of primary amides is 1. The Kier molecular flexibility index (Phi) is 5.18. The molecule has 1 amide bonds. The van der Waals surface area contributed by atoms with Crippen molar-refractivity contribution in [1.29, 1.82) is 0 Å². The van der Waals surface area contributed by atoms with Crippen LogP contribution < -0.4 is 10.0 Å². The van der Waals surface area contributed by atoms with Crippen LogP contribution in [0.15, 0.2) is 44.9 Å². The van der Waals surface area contributed by atoms with E-state index in [4.69, 9.17) is 5.73 Å². The van der Waals surface area contributed by atoms with E-state index in [1.54, 1.807) is 24.6 Å². The first-order valence-corrected chi connectivity index (χ1v) is 12.1. The quantitative estimate of drug-likeness (QED) is 0.604. The Morgan fingerprint density at radius 2 is 2.17 bits per heavy atom. The zero-order chi connectivity index (χ0) is 20.8. The van der Waals surface area contributed by atoms with Gasteiger partial charge in [-0.05, 0) is 36.1 Å². The number of fused-ring (bicyclic) bond motifs is 1. The van der Waals surface area contributed by atoms with Crippen LogP contribution in [0.25, 0.3) is 10.9 Å². The fourth-order valence-electron chi connectivity index (χ4n) is 3.29. The monoisotopic (exact) mass is 448 g/mol. The number of aliphatic imine (C=N–C) groups is 1. The number of nitrogens with zero attached hydrogens (tertiary/aromatic N) is 2. The highest BCUT2D eigenvalue weighted by atomic mass is 32.2. The van der Waals surface area contributed by atoms with Gasteiger partial charge in [0.1, 0.15) is 9.25 Å². The van der Waals surface area contributed by atoms with Crippen molar-refractivity contribution in [3.05, 3.63) is 47.0 Å². The number of hydrogen-bond donors (Lipinski definition) is 2. The minimum absolute atomic E-state index is 0.0383. The van der Waals surface area contributed by atoms with Crippen LogP contribution in [-0.4, -0.2) is 43.2 Å². The summed E-state index contributed by atoms with van der Waals surface area (Å²) in [4.78, 5) is 19.1. The average molecular weight is 449 g/mol. The van der Waals surface area contributed by atoms with E-state index < -0.39 is 10.0 Å². The number of rotatable bonds is 6. The number of nitrogens with two attached hydrogens (primary N) is 1. The summed E-state index contributed by atoms with van der Waals surface area (Å²) in [6.45, 7) is 2.52. The van der Waals surface area contributed by atoms with Crippen molar-refractivity contribution in [3.63, 3.8) is 0 Å². The Balaban J connectivity index is 1.73. The Bertz CT molecular complexity index is 1210. The van der Waals surface area contributed by atoms with E-state index in [-0.39, 0.29) is 17.6 Å². The number of amides is 1. The molecular weight excluding hydrogens is 428 g/mol. The summed E-state index contributed by atoms with van der Waals surface area (Å²) in [6, 6.07) is 9.03. The van der Waals surface area contributed by atoms with Gasteiger partial charge in [-0.2, -0.15) is 0 Å². The van der Waals surface area contributed by atoms with Crippen LogP contribution in [0.4, 0.5) is 5.69 Å². The molecule has 1 aliphatic rings. The molecule has 1 aromatic carbocycles. The number of thiophene rings is 1. The fourth-order valence-corrected chi connectivity index (χ4v) is 6.76. The van der Waals surface area contributed by atoms with Gasteiger partial charge < -0.3 is 10.7 Å². The molecule has 10 heteroatoms. The van der Waals surface area contributed by atoms with Gasteiger partial charge in [0.2, 0.25) is 5.91 Å². The summed E-state index contributed by atoms with van der Waals surface area (Å²) >= 11 is 2.71. The average Bonchev–Trinajstić information content (AvgIpc) is 3.41. The van der Waals surface area contributed by atoms with Crippen molar-refractivity contribution in [1.82, 2.24) is 4.98 Å². The molecule has 1 aliphatic heterocycles. The number of H-pyrrole nitrogens is 1. The number of sulfonamides is 1. The molecule has 152 valence electrons. The summed E-state index contributed by atoms with van der Waals surface area (Å²) in [7, 11) is -2.08. The topological polar surface area (TPSA) is 109 Å². The first-order chi connectivity index (χ1) is 13.8. The van der Waals surface area contributed by atoms with Gasteiger partial charge >= 0.3 is 0 Å². The van der Waals surface area contributed by atoms with E-state index in [0.29, 0.717) is 16.4 Å². The van der Waals surface area contributed by atoms with Gasteiger partial charge in [0.15, 0.2) is 0 Å². The van der Waals surface area contributed by atoms with Gasteiger partial charge in [-0.1, -0.05) is 23.9 Å². The molecule has 1 atom stereocenters. The number of carbonyl (C=O) groups is 1. The molecule has 3 heterocycles. The summed E-state index contributed by atoms with van der Waals surface area (Å²) < 4.78 is 27.6. The second kappa shape index (κ2) is 7.51. The smallest absolute Gasteiger partial charge is 0.273 e. The third kappa shape index (κ3) is 3.67. The standard InChI is InChI=1S/C19H20N4O3S3/c1-11-5-6-15(23(2)29(25,26)17-4-3-7-27-17)18-13(11)9-14(22-18)19-21-10-12(28-19)8-16(20)24/h3-7,9,12,22H,8,10H2,1-2H3,(H2,20,24). The molecule has 4 rings (SSSR count). The van der Waals surface area contributed by atoms with E-state index in [2.05, 4.69) is 9.98 Å². The van der Waals surface area contributed by atoms with Gasteiger partial charge in [-0.15, -0.1) is 11.3 Å². The normalized spacial score (nSPS) is 16.9. The maximum atomic E-state index is 13.0. The molecule has 3 N–H and O–H groups in total. The predicted molar refractivity (Wildman–Crippen MR) is 120 cm³/mol. The number of aromatic nitrogens is 1. The minimum atomic E-state index is -3.64. The van der Waals surface area contributed by atoms with Crippen LogP contribution in [0.2, 0.25) is 0 Å². The first-order valence-electron chi connectivity index (χ1n) is 8.92. The molecule has 0 radical (unpaired) electrons. The molecule has 0 saturated heterocycles. The third-order valence-electron chi connectivity index (χ3n) is 4.82. The van der Waals surface area contributed by atoms with Crippen LogP contribution in [0, 0.1) is 6.92 Å². The van der Waals surface area contributed by atoms with E-state index >= 15 is 0 Å². The van der Waals surface area contributed by atoms with Crippen molar-refractivity contribution in [2.24, 2.45) is 10.7 Å². The van der Waals surface area contributed by atoms with E-state index in [0.717, 1.165) is 27.2 Å². The lowest BCUT2D eigenvalue weighted by Crippen LogP contribution is -2.26. The predicted octanol–water partition coefficient (Wildman–Crippen LogP) is 3.10. The lowest BCUT2D eigenvalue weighted by atomic mass is 10.1. The van der Waals surface area contributed by atoms with Crippen molar-refractivity contribution < 1.29 is 13.2 Å². The molecule has 29 heavy (non-hydrogen) atoms. The van der Waals surface area contributed by atoms with Gasteiger partial charge in [0.25, 0.3) is 10.0 Å². The Labute approximate surface area is 177 Å². The van der Waals surface area contributed by atoms with Crippen molar-refractivity contribution >= 4 is 60.7 Å². The molecule has 7 nitrogen and oxygen atoms in total. The third-order valence-corrected chi connectivity index (χ3v) is 9.18. The molecular formula is C19H20N4O3S3. The number of thioether (sulfide) groups is 1. The highest BCUT2D eigenvalue weighted by molar-refractivity contribution is 8.15. The summed E-state index contributed by atoms with van der Waals surface area (Å²) in [5.74, 6) is -0.339. The Morgan fingerprint density at radius 1 is 1.38 bits per heavy atom. The second-order valence-corrected chi connectivity index (χ2v) is 11.3. The second-order valence-electron chi connectivity index (χ2n) is 6.83. The van der Waals surface area contributed by atoms with Crippen molar-refractivity contribution in [2.45, 2.75) is 22.8 Å². The molecule has 0 aliphatic carbocycles. The zero-order valence-corrected chi connectivity index (χ0v) is 18.3. The maximum absolute atomic E-state index is 13.0. The number of hydrogen-bond acceptors (Lipinski definition) is 6. The van der Waals surface area contributed by atoms with Crippen LogP contribution in [-0.2, 0) is 14.8 Å². The van der Waals surface area contributed by atoms with Gasteiger partial charge in [0.05, 0.1) is 23.4 Å². The first kappa shape index (κ1) is 20.0. The van der Waals surface area contributed by atoms with Crippen molar-refractivity contribution in [2.75, 3.05) is 17.9 Å². The molecule has 2 aromatic heterocycles. The highest BCUT2D eigenvalue weighted by Crippen LogP contribution is 2.35. The number of carbonyl (C=O) groups excluding carboxylic acids is 1. The maximum Gasteiger partial charge on any atom is 0.273 e. The SMILES string of the molecule is Cc1ccc(N(C)S(=O)(=O)c2cccs2)c2[nH]c(C3=NCC(CC(N)=O)S3)cc12. The largest absolute Gasteiger partial charge is 0.370 e. The number of nitrogens with one attached hydrogen (secondary N) is 1. The molecule has 1 unspecified atom stereocenters. The summed E-state index contributed by atoms with van der Waals surface area (Å²) in [5, 5.41) is 3.53. The Hall–Kier alpha value is -2.30. The zero-order valence-electron chi connectivity index (χ0n) is 15.9. The number of aromatic amines is 1. The van der Waals surface area contributed by atoms with Crippen LogP contribution in [0.3, 0.4) is 0 Å². The minimum Gasteiger partial charge on any atom is -0.370 e. The van der Waals surface area contributed by atoms with E-state index in [1.807, 2.05) is 25.1 Å². The van der Waals surface area contributed by atoms with Gasteiger partial charge in [0, 0.05) is 24.1 Å². The van der Waals surface area contributed by atoms with Crippen LogP contribution >= 0.6 is 23.1 Å². The highest BCUT2D eigenvalue weighted by Gasteiger charge is 2.27. The summed E-state index contributed by atoms with van der Waals surface area (Å²) in [6.07, 6.45) is 0.282. The number of benzene rings is 1. The van der Waals surface area contributed by atoms with E-state index in [1.165, 1.54) is 27.4 Å². The number of aryl methyl sites for hydroxylation is 1. The van der Waals surface area contributed by atoms with Gasteiger partial charge in [-0.25, -0.2) is 8.42 Å². The lowest BCUT2D eigenvalue weighted by Gasteiger charge is -2.19. The molecule has 0 bridgehead atoms. The summed E-state index contributed by atoms with van der Waals surface area (Å²) in [5.41, 5.74) is 8.46. The number of anilines is 1. The van der Waals surface area contributed by atoms with Gasteiger partial charge in [-0.3, -0.25) is 14.1 Å². The lowest BCUT2D eigenvalue weighted by molar-refractivity contribution is -0.117. The molecule has 0 saturated carbocycles. The van der Waals surface area contributed by atoms with Crippen molar-refractivity contribution in [3.8, 4) is 0 Å². The van der Waals surface area contributed by atoms with Crippen LogP contribution in [0.1, 0.15) is 17.7 Å². The molecule has 0 spiro atoms. The Morgan fingerprint density at radius 3 is 2.86 bits per heavy atom. The molecule has 3 aromatic rings. The van der Waals surface area contributed by atoms with E-state index in [9.17, 15) is 13.2 Å².